The largest absolute Gasteiger partial charge is 0.457 e. The Bertz CT molecular complexity index is 1420. The van der Waals surface area contributed by atoms with Crippen LogP contribution < -0.4 is 20.7 Å². The minimum atomic E-state index is -3.36. The minimum absolute atomic E-state index is 0.0325. The van der Waals surface area contributed by atoms with Gasteiger partial charge in [-0.3, -0.25) is 9.59 Å². The molecule has 39 heavy (non-hydrogen) atoms. The second-order valence-corrected chi connectivity index (χ2v) is 10.7. The Kier molecular flexibility index (Phi) is 9.90. The lowest BCUT2D eigenvalue weighted by atomic mass is 9.97. The summed E-state index contributed by atoms with van der Waals surface area (Å²) in [6.07, 6.45) is 1.11. The third-order valence-corrected chi connectivity index (χ3v) is 6.94. The summed E-state index contributed by atoms with van der Waals surface area (Å²) in [5.41, 5.74) is 2.65. The molecule has 2 amide bonds. The first-order valence-corrected chi connectivity index (χ1v) is 14.1. The van der Waals surface area contributed by atoms with E-state index in [1.807, 2.05) is 0 Å². The lowest BCUT2D eigenvalue weighted by Gasteiger charge is -2.09. The fraction of sp³-hybridized carbons (Fsp3) is 0.231. The van der Waals surface area contributed by atoms with Gasteiger partial charge in [0, 0.05) is 23.3 Å². The summed E-state index contributed by atoms with van der Waals surface area (Å²) in [4.78, 5) is 48.3. The number of rotatable bonds is 12. The fourth-order valence-electron chi connectivity index (χ4n) is 3.42. The predicted molar refractivity (Wildman–Crippen MR) is 146 cm³/mol. The van der Waals surface area contributed by atoms with E-state index in [1.54, 1.807) is 24.3 Å². The Morgan fingerprint density at radius 2 is 1.49 bits per heavy atom. The Balaban J connectivity index is 1.55. The standard InChI is InChI=1S/C26H27N3O8S2/c1-16(15-38)27-11-22(30)28-12-23(31)29-13-24(32)37-19-7-3-18(4-8-19)25-21(14-36-26(25)33)17-5-9-20(10-6-17)39(2,34)35/h3-10,27,38H,1,11-15H2,2H3,(H,28,30)(H,29,31). The van der Waals surface area contributed by atoms with E-state index in [9.17, 15) is 27.6 Å². The molecule has 0 saturated heterocycles. The van der Waals surface area contributed by atoms with Crippen molar-refractivity contribution in [3.63, 3.8) is 0 Å². The number of hydrogen-bond donors (Lipinski definition) is 4. The maximum Gasteiger partial charge on any atom is 0.339 e. The zero-order valence-corrected chi connectivity index (χ0v) is 22.7. The van der Waals surface area contributed by atoms with Gasteiger partial charge in [-0.2, -0.15) is 12.6 Å². The number of carbonyl (C=O) groups is 4. The van der Waals surface area contributed by atoms with E-state index in [2.05, 4.69) is 35.2 Å². The molecule has 0 aliphatic carbocycles. The molecule has 0 spiro atoms. The van der Waals surface area contributed by atoms with Gasteiger partial charge in [0.1, 0.15) is 18.9 Å². The highest BCUT2D eigenvalue weighted by atomic mass is 32.2. The third-order valence-electron chi connectivity index (χ3n) is 5.42. The van der Waals surface area contributed by atoms with Crippen LogP contribution in [-0.4, -0.2) is 70.4 Å². The highest BCUT2D eigenvalue weighted by molar-refractivity contribution is 7.90. The molecule has 1 aliphatic heterocycles. The van der Waals surface area contributed by atoms with Gasteiger partial charge in [-0.15, -0.1) is 0 Å². The van der Waals surface area contributed by atoms with Gasteiger partial charge in [-0.1, -0.05) is 30.8 Å². The molecular formula is C26H27N3O8S2. The Morgan fingerprint density at radius 1 is 0.923 bits per heavy atom. The molecule has 1 heterocycles. The lowest BCUT2D eigenvalue weighted by molar-refractivity contribution is -0.135. The number of sulfone groups is 1. The average molecular weight is 574 g/mol. The number of amides is 2. The quantitative estimate of drug-likeness (QED) is 0.163. The normalized spacial score (nSPS) is 12.9. The first-order valence-electron chi connectivity index (χ1n) is 11.6. The van der Waals surface area contributed by atoms with Gasteiger partial charge in [0.2, 0.25) is 11.8 Å². The van der Waals surface area contributed by atoms with Gasteiger partial charge in [0.25, 0.3) is 0 Å². The topological polar surface area (TPSA) is 157 Å². The van der Waals surface area contributed by atoms with E-state index >= 15 is 0 Å². The molecule has 3 N–H and O–H groups in total. The SMILES string of the molecule is C=C(CS)NCC(=O)NCC(=O)NCC(=O)Oc1ccc(C2=C(c3ccc(S(C)(=O)=O)cc3)COC2=O)cc1. The maximum atomic E-state index is 12.4. The molecule has 3 rings (SSSR count). The van der Waals surface area contributed by atoms with E-state index in [1.165, 1.54) is 24.3 Å². The molecule has 206 valence electrons. The maximum absolute atomic E-state index is 12.4. The van der Waals surface area contributed by atoms with Crippen LogP contribution in [0.3, 0.4) is 0 Å². The van der Waals surface area contributed by atoms with Crippen LogP contribution in [0.5, 0.6) is 5.75 Å². The number of cyclic esters (lactones) is 1. The van der Waals surface area contributed by atoms with E-state index in [4.69, 9.17) is 9.47 Å². The Labute approximate surface area is 231 Å². The molecule has 2 aromatic rings. The van der Waals surface area contributed by atoms with Crippen molar-refractivity contribution in [1.29, 1.82) is 0 Å². The third kappa shape index (κ3) is 8.45. The van der Waals surface area contributed by atoms with Gasteiger partial charge in [-0.25, -0.2) is 18.0 Å². The number of hydrogen-bond acceptors (Lipinski definition) is 10. The van der Waals surface area contributed by atoms with Crippen molar-refractivity contribution in [3.05, 3.63) is 71.9 Å². The highest BCUT2D eigenvalue weighted by Gasteiger charge is 2.27. The smallest absolute Gasteiger partial charge is 0.339 e. The van der Waals surface area contributed by atoms with E-state index in [0.29, 0.717) is 33.7 Å². The Hall–Kier alpha value is -4.10. The van der Waals surface area contributed by atoms with Crippen LogP contribution in [0.15, 0.2) is 65.7 Å². The van der Waals surface area contributed by atoms with Gasteiger partial charge >= 0.3 is 11.9 Å². The first kappa shape index (κ1) is 29.5. The number of thiol groups is 1. The first-order chi connectivity index (χ1) is 18.5. The number of ether oxygens (including phenoxy) is 2. The molecule has 0 radical (unpaired) electrons. The molecule has 0 atom stereocenters. The van der Waals surface area contributed by atoms with E-state index < -0.39 is 40.1 Å². The van der Waals surface area contributed by atoms with Crippen LogP contribution in [0, 0.1) is 0 Å². The molecule has 0 aromatic heterocycles. The fourth-order valence-corrected chi connectivity index (χ4v) is 4.16. The molecule has 0 bridgehead atoms. The summed E-state index contributed by atoms with van der Waals surface area (Å²) in [7, 11) is -3.36. The molecule has 0 saturated carbocycles. The van der Waals surface area contributed by atoms with Crippen LogP contribution >= 0.6 is 12.6 Å². The van der Waals surface area contributed by atoms with Gasteiger partial charge < -0.3 is 25.4 Å². The van der Waals surface area contributed by atoms with Crippen molar-refractivity contribution in [2.45, 2.75) is 4.90 Å². The second-order valence-electron chi connectivity index (χ2n) is 8.39. The van der Waals surface area contributed by atoms with Crippen LogP contribution in [0.25, 0.3) is 11.1 Å². The average Bonchev–Trinajstić information content (AvgIpc) is 3.30. The van der Waals surface area contributed by atoms with Crippen molar-refractivity contribution in [1.82, 2.24) is 16.0 Å². The molecule has 1 aliphatic rings. The second kappa shape index (κ2) is 13.1. The summed E-state index contributed by atoms with van der Waals surface area (Å²) in [6.45, 7) is 2.87. The predicted octanol–water partition coefficient (Wildman–Crippen LogP) is 0.729. The molecule has 11 nitrogen and oxygen atoms in total. The van der Waals surface area contributed by atoms with Gasteiger partial charge in [0.05, 0.1) is 23.6 Å². The van der Waals surface area contributed by atoms with Crippen molar-refractivity contribution >= 4 is 57.4 Å². The summed E-state index contributed by atoms with van der Waals surface area (Å²) in [5.74, 6) is -1.71. The number of esters is 2. The van der Waals surface area contributed by atoms with Crippen LogP contribution in [-0.2, 0) is 33.8 Å². The summed E-state index contributed by atoms with van der Waals surface area (Å²) < 4.78 is 33.9. The summed E-state index contributed by atoms with van der Waals surface area (Å²) >= 11 is 4.00. The van der Waals surface area contributed by atoms with Crippen LogP contribution in [0.2, 0.25) is 0 Å². The zero-order chi connectivity index (χ0) is 28.6. The monoisotopic (exact) mass is 573 g/mol. The van der Waals surface area contributed by atoms with Gasteiger partial charge in [0.15, 0.2) is 9.84 Å². The Morgan fingerprint density at radius 3 is 2.08 bits per heavy atom. The lowest BCUT2D eigenvalue weighted by Crippen LogP contribution is -2.42. The molecule has 2 aromatic carbocycles. The number of benzene rings is 2. The van der Waals surface area contributed by atoms with E-state index in [0.717, 1.165) is 6.26 Å². The van der Waals surface area contributed by atoms with Crippen LogP contribution in [0.1, 0.15) is 11.1 Å². The van der Waals surface area contributed by atoms with Gasteiger partial charge in [-0.05, 0) is 35.4 Å². The van der Waals surface area contributed by atoms with Crippen molar-refractivity contribution < 1.29 is 37.1 Å². The number of carbonyl (C=O) groups excluding carboxylic acids is 4. The zero-order valence-electron chi connectivity index (χ0n) is 21.0. The summed E-state index contributed by atoms with van der Waals surface area (Å²) in [6, 6.07) is 12.3. The molecular weight excluding hydrogens is 546 g/mol. The molecule has 0 unspecified atom stereocenters. The van der Waals surface area contributed by atoms with Crippen molar-refractivity contribution in [2.75, 3.05) is 38.2 Å². The number of nitrogens with one attached hydrogen (secondary N) is 3. The summed E-state index contributed by atoms with van der Waals surface area (Å²) in [5, 5.41) is 7.48. The minimum Gasteiger partial charge on any atom is -0.457 e. The highest BCUT2D eigenvalue weighted by Crippen LogP contribution is 2.34. The van der Waals surface area contributed by atoms with E-state index in [-0.39, 0.29) is 30.3 Å². The molecule has 0 fully saturated rings. The molecule has 13 heteroatoms. The van der Waals surface area contributed by atoms with Crippen molar-refractivity contribution in [3.8, 4) is 5.75 Å². The van der Waals surface area contributed by atoms with Crippen LogP contribution in [0.4, 0.5) is 0 Å². The van der Waals surface area contributed by atoms with Crippen molar-refractivity contribution in [2.24, 2.45) is 0 Å².